The smallest absolute Gasteiger partial charge is 0.161 e. The molecule has 3 nitrogen and oxygen atoms in total. The first-order chi connectivity index (χ1) is 7.27. The summed E-state index contributed by atoms with van der Waals surface area (Å²) in [5.74, 6) is 1.34. The number of hydrogen-bond acceptors (Lipinski definition) is 3. The van der Waals surface area contributed by atoms with E-state index in [-0.39, 0.29) is 11.9 Å². The molecule has 3 heteroatoms. The molecule has 82 valence electrons. The number of benzene rings is 1. The van der Waals surface area contributed by atoms with E-state index in [2.05, 4.69) is 12.2 Å². The number of hydrogen-bond donors (Lipinski definition) is 2. The molecule has 1 aliphatic heterocycles. The van der Waals surface area contributed by atoms with Crippen LogP contribution in [0.25, 0.3) is 0 Å². The van der Waals surface area contributed by atoms with Crippen molar-refractivity contribution in [3.8, 4) is 11.5 Å². The highest BCUT2D eigenvalue weighted by molar-refractivity contribution is 5.38. The maximum Gasteiger partial charge on any atom is 0.161 e. The predicted octanol–water partition coefficient (Wildman–Crippen LogP) is 1.77. The summed E-state index contributed by atoms with van der Waals surface area (Å²) in [7, 11) is 0. The number of para-hydroxylation sites is 2. The molecule has 0 aromatic heterocycles. The molecule has 15 heavy (non-hydrogen) atoms. The van der Waals surface area contributed by atoms with Gasteiger partial charge in [0.25, 0.3) is 0 Å². The third kappa shape index (κ3) is 2.42. The van der Waals surface area contributed by atoms with Crippen LogP contribution in [0.3, 0.4) is 0 Å². The van der Waals surface area contributed by atoms with Gasteiger partial charge in [-0.1, -0.05) is 12.1 Å². The molecule has 1 saturated heterocycles. The minimum Gasteiger partial charge on any atom is -0.504 e. The van der Waals surface area contributed by atoms with Crippen molar-refractivity contribution < 1.29 is 9.84 Å². The van der Waals surface area contributed by atoms with E-state index in [9.17, 15) is 5.11 Å². The summed E-state index contributed by atoms with van der Waals surface area (Å²) in [6.07, 6.45) is 1.29. The summed E-state index contributed by atoms with van der Waals surface area (Å²) in [5.41, 5.74) is 0. The van der Waals surface area contributed by atoms with Gasteiger partial charge < -0.3 is 15.2 Å². The Bertz CT molecular complexity index is 321. The third-order valence-electron chi connectivity index (χ3n) is 2.94. The normalized spacial score (nSPS) is 22.6. The number of nitrogens with one attached hydrogen (secondary N) is 1. The molecule has 2 N–H and O–H groups in total. The molecular formula is C12H17NO2. The van der Waals surface area contributed by atoms with Crippen LogP contribution in [0.1, 0.15) is 13.3 Å². The van der Waals surface area contributed by atoms with E-state index in [0.29, 0.717) is 11.7 Å². The Morgan fingerprint density at radius 1 is 1.47 bits per heavy atom. The lowest BCUT2D eigenvalue weighted by molar-refractivity contribution is 0.156. The molecule has 0 bridgehead atoms. The van der Waals surface area contributed by atoms with Gasteiger partial charge in [-0.15, -0.1) is 0 Å². The Labute approximate surface area is 90.1 Å². The summed E-state index contributed by atoms with van der Waals surface area (Å²) in [4.78, 5) is 0. The zero-order chi connectivity index (χ0) is 10.7. The zero-order valence-corrected chi connectivity index (χ0v) is 8.94. The molecule has 2 atom stereocenters. The zero-order valence-electron chi connectivity index (χ0n) is 8.94. The van der Waals surface area contributed by atoms with Crippen LogP contribution >= 0.6 is 0 Å². The molecule has 0 aliphatic carbocycles. The van der Waals surface area contributed by atoms with Gasteiger partial charge in [-0.05, 0) is 32.0 Å². The van der Waals surface area contributed by atoms with E-state index in [1.807, 2.05) is 6.07 Å². The van der Waals surface area contributed by atoms with Crippen LogP contribution in [0, 0.1) is 5.92 Å². The standard InChI is InChI=1S/C12H17NO2/c1-9(10-6-7-13-8-10)15-12-5-3-2-4-11(12)14/h2-5,9-10,13-14H,6-8H2,1H3. The molecule has 1 aromatic carbocycles. The Morgan fingerprint density at radius 2 is 2.27 bits per heavy atom. The first-order valence-corrected chi connectivity index (χ1v) is 5.43. The Hall–Kier alpha value is -1.22. The average Bonchev–Trinajstić information content (AvgIpc) is 2.74. The lowest BCUT2D eigenvalue weighted by Crippen LogP contribution is -2.25. The quantitative estimate of drug-likeness (QED) is 0.793. The molecule has 1 heterocycles. The van der Waals surface area contributed by atoms with Crippen LogP contribution in [0.5, 0.6) is 11.5 Å². The second-order valence-corrected chi connectivity index (χ2v) is 4.04. The maximum absolute atomic E-state index is 9.56. The van der Waals surface area contributed by atoms with Gasteiger partial charge in [0, 0.05) is 12.5 Å². The van der Waals surface area contributed by atoms with Crippen LogP contribution in [0.15, 0.2) is 24.3 Å². The van der Waals surface area contributed by atoms with Crippen molar-refractivity contribution in [1.82, 2.24) is 5.32 Å². The van der Waals surface area contributed by atoms with Gasteiger partial charge in [-0.25, -0.2) is 0 Å². The van der Waals surface area contributed by atoms with Gasteiger partial charge in [-0.3, -0.25) is 0 Å². The summed E-state index contributed by atoms with van der Waals surface area (Å²) >= 11 is 0. The average molecular weight is 207 g/mol. The van der Waals surface area contributed by atoms with Crippen molar-refractivity contribution in [1.29, 1.82) is 0 Å². The second kappa shape index (κ2) is 4.53. The van der Waals surface area contributed by atoms with E-state index in [1.54, 1.807) is 18.2 Å². The van der Waals surface area contributed by atoms with Crippen LogP contribution in [0.4, 0.5) is 0 Å². The van der Waals surface area contributed by atoms with Gasteiger partial charge in [-0.2, -0.15) is 0 Å². The van der Waals surface area contributed by atoms with E-state index in [0.717, 1.165) is 19.5 Å². The Kier molecular flexibility index (Phi) is 3.11. The monoisotopic (exact) mass is 207 g/mol. The highest BCUT2D eigenvalue weighted by atomic mass is 16.5. The highest BCUT2D eigenvalue weighted by Crippen LogP contribution is 2.27. The second-order valence-electron chi connectivity index (χ2n) is 4.04. The van der Waals surface area contributed by atoms with Gasteiger partial charge in [0.1, 0.15) is 6.10 Å². The van der Waals surface area contributed by atoms with Crippen LogP contribution < -0.4 is 10.1 Å². The number of rotatable bonds is 3. The molecule has 1 aliphatic rings. The lowest BCUT2D eigenvalue weighted by Gasteiger charge is -2.20. The molecule has 0 amide bonds. The first-order valence-electron chi connectivity index (χ1n) is 5.43. The predicted molar refractivity (Wildman–Crippen MR) is 59.2 cm³/mol. The Balaban J connectivity index is 1.99. The molecule has 2 rings (SSSR count). The minimum absolute atomic E-state index is 0.147. The van der Waals surface area contributed by atoms with Crippen molar-refractivity contribution in [3.63, 3.8) is 0 Å². The van der Waals surface area contributed by atoms with Gasteiger partial charge in [0.05, 0.1) is 0 Å². The van der Waals surface area contributed by atoms with Crippen LogP contribution in [-0.4, -0.2) is 24.3 Å². The highest BCUT2D eigenvalue weighted by Gasteiger charge is 2.23. The molecule has 0 radical (unpaired) electrons. The van der Waals surface area contributed by atoms with Crippen molar-refractivity contribution in [3.05, 3.63) is 24.3 Å². The number of phenols is 1. The number of aromatic hydroxyl groups is 1. The van der Waals surface area contributed by atoms with Crippen LogP contribution in [-0.2, 0) is 0 Å². The molecule has 2 unspecified atom stereocenters. The van der Waals surface area contributed by atoms with Crippen molar-refractivity contribution in [2.75, 3.05) is 13.1 Å². The fourth-order valence-electron chi connectivity index (χ4n) is 1.93. The summed E-state index contributed by atoms with van der Waals surface area (Å²) < 4.78 is 5.74. The lowest BCUT2D eigenvalue weighted by atomic mass is 10.0. The van der Waals surface area contributed by atoms with E-state index >= 15 is 0 Å². The van der Waals surface area contributed by atoms with Crippen molar-refractivity contribution in [2.24, 2.45) is 5.92 Å². The topological polar surface area (TPSA) is 41.5 Å². The number of phenolic OH excluding ortho intramolecular Hbond substituents is 1. The summed E-state index contributed by atoms with van der Waals surface area (Å²) in [5, 5.41) is 12.9. The molecule has 1 fully saturated rings. The number of ether oxygens (including phenoxy) is 1. The van der Waals surface area contributed by atoms with Gasteiger partial charge in [0.15, 0.2) is 11.5 Å². The SMILES string of the molecule is CC(Oc1ccccc1O)C1CCNC1. The minimum atomic E-state index is 0.147. The van der Waals surface area contributed by atoms with E-state index in [1.165, 1.54) is 0 Å². The van der Waals surface area contributed by atoms with E-state index in [4.69, 9.17) is 4.74 Å². The van der Waals surface area contributed by atoms with Gasteiger partial charge in [0.2, 0.25) is 0 Å². The van der Waals surface area contributed by atoms with Crippen molar-refractivity contribution in [2.45, 2.75) is 19.4 Å². The molecule has 1 aromatic rings. The third-order valence-corrected chi connectivity index (χ3v) is 2.94. The van der Waals surface area contributed by atoms with Gasteiger partial charge >= 0.3 is 0 Å². The summed E-state index contributed by atoms with van der Waals surface area (Å²) in [6.45, 7) is 4.14. The first kappa shape index (κ1) is 10.3. The maximum atomic E-state index is 9.56. The molecule has 0 saturated carbocycles. The molecule has 0 spiro atoms. The van der Waals surface area contributed by atoms with Crippen molar-refractivity contribution >= 4 is 0 Å². The fraction of sp³-hybridized carbons (Fsp3) is 0.500. The molecular weight excluding hydrogens is 190 g/mol. The fourth-order valence-corrected chi connectivity index (χ4v) is 1.93. The largest absolute Gasteiger partial charge is 0.504 e. The van der Waals surface area contributed by atoms with Crippen LogP contribution in [0.2, 0.25) is 0 Å². The summed E-state index contributed by atoms with van der Waals surface area (Å²) in [6, 6.07) is 7.11. The Morgan fingerprint density at radius 3 is 2.93 bits per heavy atom. The van der Waals surface area contributed by atoms with E-state index < -0.39 is 0 Å².